The maximum Gasteiger partial charge on any atom is 0.236 e. The van der Waals surface area contributed by atoms with E-state index in [4.69, 9.17) is 5.73 Å². The molecule has 1 saturated heterocycles. The zero-order chi connectivity index (χ0) is 15.3. The number of likely N-dealkylation sites (N-methyl/N-ethyl adjacent to an activating group) is 1. The molecule has 2 N–H and O–H groups in total. The number of nitrogens with two attached hydrogens (primary N) is 1. The van der Waals surface area contributed by atoms with Gasteiger partial charge in [-0.3, -0.25) is 14.5 Å². The summed E-state index contributed by atoms with van der Waals surface area (Å²) in [4.78, 5) is 29.6. The summed E-state index contributed by atoms with van der Waals surface area (Å²) in [5.41, 5.74) is 5.80. The maximum absolute atomic E-state index is 12.3. The molecule has 0 bridgehead atoms. The second kappa shape index (κ2) is 7.59. The first-order chi connectivity index (χ1) is 9.32. The van der Waals surface area contributed by atoms with Crippen LogP contribution in [0.5, 0.6) is 0 Å². The molecule has 0 aliphatic carbocycles. The predicted molar refractivity (Wildman–Crippen MR) is 79.1 cm³/mol. The zero-order valence-corrected chi connectivity index (χ0v) is 13.1. The third-order valence-electron chi connectivity index (χ3n) is 3.94. The van der Waals surface area contributed by atoms with Gasteiger partial charge in [-0.1, -0.05) is 6.92 Å². The second-order valence-corrected chi connectivity index (χ2v) is 5.89. The Morgan fingerprint density at radius 3 is 2.35 bits per heavy atom. The highest BCUT2D eigenvalue weighted by molar-refractivity contribution is 5.79. The molecule has 0 radical (unpaired) electrons. The van der Waals surface area contributed by atoms with Crippen molar-refractivity contribution in [1.29, 1.82) is 0 Å². The van der Waals surface area contributed by atoms with Gasteiger partial charge in [-0.05, 0) is 13.3 Å². The molecule has 1 rings (SSSR count). The molecular weight excluding hydrogens is 256 g/mol. The van der Waals surface area contributed by atoms with Gasteiger partial charge in [-0.15, -0.1) is 0 Å². The minimum absolute atomic E-state index is 0.105. The fourth-order valence-corrected chi connectivity index (χ4v) is 2.20. The number of hydrogen-bond acceptors (Lipinski definition) is 4. The predicted octanol–water partition coefficient (Wildman–Crippen LogP) is -0.408. The van der Waals surface area contributed by atoms with Crippen molar-refractivity contribution in [3.05, 3.63) is 0 Å². The van der Waals surface area contributed by atoms with Gasteiger partial charge in [0.2, 0.25) is 11.8 Å². The molecule has 2 unspecified atom stereocenters. The Kier molecular flexibility index (Phi) is 6.42. The molecule has 0 aromatic rings. The van der Waals surface area contributed by atoms with Crippen molar-refractivity contribution in [3.8, 4) is 0 Å². The summed E-state index contributed by atoms with van der Waals surface area (Å²) in [6, 6.07) is -0.128. The van der Waals surface area contributed by atoms with E-state index in [0.29, 0.717) is 13.1 Å². The molecular formula is C14H28N4O2. The SMILES string of the molecule is CC(N)C(C)C(=O)N1CCCN(CC(=O)N(C)C)CC1. The van der Waals surface area contributed by atoms with Crippen LogP contribution in [-0.4, -0.2) is 79.4 Å². The van der Waals surface area contributed by atoms with Crippen molar-refractivity contribution >= 4 is 11.8 Å². The number of hydrogen-bond donors (Lipinski definition) is 1. The van der Waals surface area contributed by atoms with Crippen molar-refractivity contribution in [2.75, 3.05) is 46.8 Å². The standard InChI is InChI=1S/C14H28N4O2/c1-11(12(2)15)14(20)18-7-5-6-17(8-9-18)10-13(19)16(3)4/h11-12H,5-10,15H2,1-4H3. The van der Waals surface area contributed by atoms with Gasteiger partial charge >= 0.3 is 0 Å². The van der Waals surface area contributed by atoms with E-state index >= 15 is 0 Å². The number of carbonyl (C=O) groups excluding carboxylic acids is 2. The van der Waals surface area contributed by atoms with Crippen LogP contribution in [0.3, 0.4) is 0 Å². The van der Waals surface area contributed by atoms with Gasteiger partial charge < -0.3 is 15.5 Å². The molecule has 1 aliphatic heterocycles. The van der Waals surface area contributed by atoms with E-state index in [1.54, 1.807) is 19.0 Å². The third-order valence-corrected chi connectivity index (χ3v) is 3.94. The minimum atomic E-state index is -0.148. The maximum atomic E-state index is 12.3. The monoisotopic (exact) mass is 284 g/mol. The Hall–Kier alpha value is -1.14. The quantitative estimate of drug-likeness (QED) is 0.762. The summed E-state index contributed by atoms with van der Waals surface area (Å²) in [5.74, 6) is 0.0828. The Balaban J connectivity index is 2.51. The number of amides is 2. The Morgan fingerprint density at radius 1 is 1.15 bits per heavy atom. The lowest BCUT2D eigenvalue weighted by Crippen LogP contribution is -2.44. The topological polar surface area (TPSA) is 69.9 Å². The molecule has 6 heteroatoms. The number of carbonyl (C=O) groups is 2. The summed E-state index contributed by atoms with van der Waals surface area (Å²) < 4.78 is 0. The van der Waals surface area contributed by atoms with Crippen LogP contribution in [0.25, 0.3) is 0 Å². The zero-order valence-electron chi connectivity index (χ0n) is 13.1. The molecule has 0 aromatic carbocycles. The fourth-order valence-electron chi connectivity index (χ4n) is 2.20. The van der Waals surface area contributed by atoms with E-state index in [0.717, 1.165) is 26.1 Å². The summed E-state index contributed by atoms with van der Waals surface area (Å²) in [6.45, 7) is 7.21. The van der Waals surface area contributed by atoms with Crippen LogP contribution in [0.1, 0.15) is 20.3 Å². The van der Waals surface area contributed by atoms with Gasteiger partial charge in [0, 0.05) is 46.3 Å². The molecule has 0 spiro atoms. The van der Waals surface area contributed by atoms with Crippen LogP contribution in [0, 0.1) is 5.92 Å². The highest BCUT2D eigenvalue weighted by Crippen LogP contribution is 2.10. The third kappa shape index (κ3) is 4.76. The Morgan fingerprint density at radius 2 is 1.80 bits per heavy atom. The van der Waals surface area contributed by atoms with Gasteiger partial charge in [0.1, 0.15) is 0 Å². The summed E-state index contributed by atoms with van der Waals surface area (Å²) >= 11 is 0. The van der Waals surface area contributed by atoms with Crippen molar-refractivity contribution < 1.29 is 9.59 Å². The highest BCUT2D eigenvalue weighted by Gasteiger charge is 2.25. The first-order valence-electron chi connectivity index (χ1n) is 7.29. The van der Waals surface area contributed by atoms with Crippen molar-refractivity contribution in [2.45, 2.75) is 26.3 Å². The number of nitrogens with zero attached hydrogens (tertiary/aromatic N) is 3. The van der Waals surface area contributed by atoms with E-state index < -0.39 is 0 Å². The van der Waals surface area contributed by atoms with E-state index in [9.17, 15) is 9.59 Å². The molecule has 1 aliphatic rings. The molecule has 2 amide bonds. The van der Waals surface area contributed by atoms with Gasteiger partial charge in [0.15, 0.2) is 0 Å². The fraction of sp³-hybridized carbons (Fsp3) is 0.857. The average molecular weight is 284 g/mol. The first-order valence-corrected chi connectivity index (χ1v) is 7.29. The van der Waals surface area contributed by atoms with Crippen LogP contribution in [0.2, 0.25) is 0 Å². The van der Waals surface area contributed by atoms with Crippen molar-refractivity contribution in [2.24, 2.45) is 11.7 Å². The molecule has 2 atom stereocenters. The van der Waals surface area contributed by atoms with Gasteiger partial charge in [0.05, 0.1) is 12.5 Å². The Bertz CT molecular complexity index is 344. The smallest absolute Gasteiger partial charge is 0.236 e. The van der Waals surface area contributed by atoms with Crippen LogP contribution >= 0.6 is 0 Å². The molecule has 6 nitrogen and oxygen atoms in total. The largest absolute Gasteiger partial charge is 0.348 e. The van der Waals surface area contributed by atoms with Crippen LogP contribution in [0.4, 0.5) is 0 Å². The van der Waals surface area contributed by atoms with Gasteiger partial charge in [-0.25, -0.2) is 0 Å². The summed E-state index contributed by atoms with van der Waals surface area (Å²) in [6.07, 6.45) is 0.901. The molecule has 20 heavy (non-hydrogen) atoms. The molecule has 0 aromatic heterocycles. The average Bonchev–Trinajstić information content (AvgIpc) is 2.62. The van der Waals surface area contributed by atoms with Crippen LogP contribution in [0.15, 0.2) is 0 Å². The molecule has 1 heterocycles. The summed E-state index contributed by atoms with van der Waals surface area (Å²) in [7, 11) is 3.53. The highest BCUT2D eigenvalue weighted by atomic mass is 16.2. The second-order valence-electron chi connectivity index (χ2n) is 5.89. The van der Waals surface area contributed by atoms with Crippen molar-refractivity contribution in [1.82, 2.24) is 14.7 Å². The lowest BCUT2D eigenvalue weighted by Gasteiger charge is -2.26. The van der Waals surface area contributed by atoms with E-state index in [1.165, 1.54) is 0 Å². The summed E-state index contributed by atoms with van der Waals surface area (Å²) in [5, 5.41) is 0. The normalized spacial score (nSPS) is 20.1. The van der Waals surface area contributed by atoms with Crippen LogP contribution in [-0.2, 0) is 9.59 Å². The van der Waals surface area contributed by atoms with E-state index in [2.05, 4.69) is 4.90 Å². The lowest BCUT2D eigenvalue weighted by molar-refractivity contribution is -0.135. The van der Waals surface area contributed by atoms with Crippen molar-refractivity contribution in [3.63, 3.8) is 0 Å². The van der Waals surface area contributed by atoms with E-state index in [1.807, 2.05) is 18.7 Å². The van der Waals surface area contributed by atoms with E-state index in [-0.39, 0.29) is 23.8 Å². The van der Waals surface area contributed by atoms with Gasteiger partial charge in [0.25, 0.3) is 0 Å². The molecule has 1 fully saturated rings. The van der Waals surface area contributed by atoms with Crippen LogP contribution < -0.4 is 5.73 Å². The first kappa shape index (κ1) is 16.9. The van der Waals surface area contributed by atoms with Gasteiger partial charge in [-0.2, -0.15) is 0 Å². The Labute approximate surface area is 121 Å². The minimum Gasteiger partial charge on any atom is -0.348 e. The lowest BCUT2D eigenvalue weighted by atomic mass is 10.0. The molecule has 0 saturated carbocycles. The number of rotatable bonds is 4. The molecule has 116 valence electrons.